The maximum atomic E-state index is 13.7. The van der Waals surface area contributed by atoms with E-state index in [0.29, 0.717) is 37.5 Å². The Morgan fingerprint density at radius 2 is 1.83 bits per heavy atom. The van der Waals surface area contributed by atoms with Crippen molar-refractivity contribution in [3.8, 4) is 11.5 Å². The highest BCUT2D eigenvalue weighted by molar-refractivity contribution is 6.03. The molecule has 0 aromatic heterocycles. The third-order valence-corrected chi connectivity index (χ3v) is 6.86. The SMILES string of the molecule is CCOC(=O)[C@@H]1CCCCN1CC(=O)N1N=C(c2ccc(C)cc2)C[C@@H]1c1ccc(OC)cc1OC. The fourth-order valence-corrected chi connectivity index (χ4v) is 4.93. The van der Waals surface area contributed by atoms with Crippen LogP contribution in [-0.2, 0) is 14.3 Å². The molecular weight excluding hydrogens is 458 g/mol. The van der Waals surface area contributed by atoms with E-state index < -0.39 is 6.04 Å². The average molecular weight is 494 g/mol. The van der Waals surface area contributed by atoms with Crippen LogP contribution in [0.15, 0.2) is 47.6 Å². The van der Waals surface area contributed by atoms with E-state index in [2.05, 4.69) is 0 Å². The Kier molecular flexibility index (Phi) is 8.25. The molecule has 4 rings (SSSR count). The normalized spacial score (nSPS) is 20.1. The van der Waals surface area contributed by atoms with Crippen LogP contribution in [0.5, 0.6) is 11.5 Å². The first kappa shape index (κ1) is 25.7. The maximum absolute atomic E-state index is 13.7. The Morgan fingerprint density at radius 1 is 1.06 bits per heavy atom. The van der Waals surface area contributed by atoms with Gasteiger partial charge in [0, 0.05) is 18.1 Å². The summed E-state index contributed by atoms with van der Waals surface area (Å²) in [6.07, 6.45) is 3.13. The summed E-state index contributed by atoms with van der Waals surface area (Å²) >= 11 is 0. The molecule has 36 heavy (non-hydrogen) atoms. The van der Waals surface area contributed by atoms with Crippen LogP contribution in [0.1, 0.15) is 55.3 Å². The number of nitrogens with zero attached hydrogens (tertiary/aromatic N) is 3. The molecule has 2 aromatic rings. The quantitative estimate of drug-likeness (QED) is 0.515. The molecule has 192 valence electrons. The summed E-state index contributed by atoms with van der Waals surface area (Å²) < 4.78 is 16.3. The van der Waals surface area contributed by atoms with Crippen molar-refractivity contribution in [1.29, 1.82) is 0 Å². The fraction of sp³-hybridized carbons (Fsp3) is 0.464. The number of amides is 1. The average Bonchev–Trinajstić information content (AvgIpc) is 3.34. The zero-order valence-electron chi connectivity index (χ0n) is 21.5. The molecule has 0 spiro atoms. The molecule has 1 saturated heterocycles. The molecule has 0 bridgehead atoms. The van der Waals surface area contributed by atoms with Gasteiger partial charge >= 0.3 is 5.97 Å². The summed E-state index contributed by atoms with van der Waals surface area (Å²) in [7, 11) is 3.22. The topological polar surface area (TPSA) is 80.7 Å². The number of esters is 1. The standard InChI is InChI=1S/C28H35N3O5/c1-5-36-28(33)24-8-6-7-15-30(24)18-27(32)31-25(22-14-13-21(34-3)16-26(22)35-4)17-23(29-31)20-11-9-19(2)10-12-20/h9-14,16,24-25H,5-8,15,17-18H2,1-4H3/t24-,25+/m0/s1. The van der Waals surface area contributed by atoms with Gasteiger partial charge in [-0.05, 0) is 50.9 Å². The van der Waals surface area contributed by atoms with Gasteiger partial charge in [0.15, 0.2) is 0 Å². The van der Waals surface area contributed by atoms with E-state index in [1.165, 1.54) is 0 Å². The molecule has 0 aliphatic carbocycles. The number of piperidine rings is 1. The number of benzene rings is 2. The number of hydrogen-bond acceptors (Lipinski definition) is 7. The zero-order valence-corrected chi connectivity index (χ0v) is 21.5. The van der Waals surface area contributed by atoms with Crippen molar-refractivity contribution in [3.63, 3.8) is 0 Å². The number of methoxy groups -OCH3 is 2. The van der Waals surface area contributed by atoms with E-state index in [4.69, 9.17) is 19.3 Å². The van der Waals surface area contributed by atoms with Crippen molar-refractivity contribution in [3.05, 3.63) is 59.2 Å². The van der Waals surface area contributed by atoms with E-state index in [1.54, 1.807) is 26.2 Å². The van der Waals surface area contributed by atoms with Gasteiger partial charge in [0.25, 0.3) is 5.91 Å². The van der Waals surface area contributed by atoms with Crippen LogP contribution >= 0.6 is 0 Å². The minimum atomic E-state index is -0.403. The van der Waals surface area contributed by atoms with Gasteiger partial charge in [-0.2, -0.15) is 5.10 Å². The lowest BCUT2D eigenvalue weighted by Gasteiger charge is -2.34. The number of carbonyl (C=O) groups excluding carboxylic acids is 2. The maximum Gasteiger partial charge on any atom is 0.323 e. The second kappa shape index (κ2) is 11.6. The lowest BCUT2D eigenvalue weighted by molar-refractivity contribution is -0.152. The van der Waals surface area contributed by atoms with Gasteiger partial charge in [0.2, 0.25) is 0 Å². The van der Waals surface area contributed by atoms with Crippen molar-refractivity contribution in [2.45, 2.75) is 51.6 Å². The molecule has 1 amide bonds. The highest BCUT2D eigenvalue weighted by Gasteiger charge is 2.38. The van der Waals surface area contributed by atoms with Gasteiger partial charge in [0.05, 0.1) is 39.1 Å². The summed E-state index contributed by atoms with van der Waals surface area (Å²) in [6.45, 7) is 4.94. The van der Waals surface area contributed by atoms with E-state index >= 15 is 0 Å². The largest absolute Gasteiger partial charge is 0.497 e. The van der Waals surface area contributed by atoms with Crippen LogP contribution in [0, 0.1) is 6.92 Å². The van der Waals surface area contributed by atoms with Gasteiger partial charge < -0.3 is 14.2 Å². The van der Waals surface area contributed by atoms with Crippen molar-refractivity contribution < 1.29 is 23.8 Å². The van der Waals surface area contributed by atoms with Crippen LogP contribution in [0.3, 0.4) is 0 Å². The number of hydrazone groups is 1. The first-order valence-electron chi connectivity index (χ1n) is 12.5. The minimum absolute atomic E-state index is 0.100. The summed E-state index contributed by atoms with van der Waals surface area (Å²) in [5.74, 6) is 0.899. The summed E-state index contributed by atoms with van der Waals surface area (Å²) in [5, 5.41) is 6.37. The lowest BCUT2D eigenvalue weighted by Crippen LogP contribution is -2.49. The van der Waals surface area contributed by atoms with E-state index in [1.807, 2.05) is 54.3 Å². The van der Waals surface area contributed by atoms with Gasteiger partial charge in [-0.25, -0.2) is 5.01 Å². The predicted molar refractivity (Wildman–Crippen MR) is 137 cm³/mol. The van der Waals surface area contributed by atoms with Crippen LogP contribution < -0.4 is 9.47 Å². The van der Waals surface area contributed by atoms with Gasteiger partial charge in [-0.15, -0.1) is 0 Å². The molecule has 0 unspecified atom stereocenters. The molecule has 8 heteroatoms. The number of rotatable bonds is 8. The number of ether oxygens (including phenoxy) is 3. The molecule has 2 atom stereocenters. The Hall–Kier alpha value is -3.39. The molecule has 0 saturated carbocycles. The number of carbonyl (C=O) groups is 2. The Bertz CT molecular complexity index is 1110. The first-order valence-corrected chi connectivity index (χ1v) is 12.5. The minimum Gasteiger partial charge on any atom is -0.497 e. The number of hydrogen-bond donors (Lipinski definition) is 0. The van der Waals surface area contributed by atoms with Crippen molar-refractivity contribution in [1.82, 2.24) is 9.91 Å². The molecule has 2 aliphatic heterocycles. The van der Waals surface area contributed by atoms with E-state index in [9.17, 15) is 9.59 Å². The summed E-state index contributed by atoms with van der Waals surface area (Å²) in [6, 6.07) is 13.0. The molecule has 0 N–H and O–H groups in total. The van der Waals surface area contributed by atoms with Gasteiger partial charge in [-0.1, -0.05) is 36.2 Å². The molecule has 0 radical (unpaired) electrons. The third-order valence-electron chi connectivity index (χ3n) is 6.86. The third kappa shape index (κ3) is 5.54. The summed E-state index contributed by atoms with van der Waals surface area (Å²) in [4.78, 5) is 28.2. The highest BCUT2D eigenvalue weighted by atomic mass is 16.5. The molecule has 2 aromatic carbocycles. The smallest absolute Gasteiger partial charge is 0.323 e. The number of likely N-dealkylation sites (tertiary alicyclic amines) is 1. The van der Waals surface area contributed by atoms with Crippen LogP contribution in [0.2, 0.25) is 0 Å². The van der Waals surface area contributed by atoms with Crippen LogP contribution in [-0.4, -0.2) is 67.5 Å². The predicted octanol–water partition coefficient (Wildman–Crippen LogP) is 4.11. The van der Waals surface area contributed by atoms with Gasteiger partial charge in [-0.3, -0.25) is 14.5 Å². The van der Waals surface area contributed by atoms with Crippen molar-refractivity contribution >= 4 is 17.6 Å². The first-order chi connectivity index (χ1) is 17.4. The van der Waals surface area contributed by atoms with Gasteiger partial charge in [0.1, 0.15) is 17.5 Å². The fourth-order valence-electron chi connectivity index (χ4n) is 4.93. The highest BCUT2D eigenvalue weighted by Crippen LogP contribution is 2.39. The second-order valence-electron chi connectivity index (χ2n) is 9.21. The molecule has 2 heterocycles. The van der Waals surface area contributed by atoms with E-state index in [0.717, 1.165) is 35.2 Å². The monoisotopic (exact) mass is 493 g/mol. The van der Waals surface area contributed by atoms with Crippen LogP contribution in [0.4, 0.5) is 0 Å². The number of aryl methyl sites for hydroxylation is 1. The second-order valence-corrected chi connectivity index (χ2v) is 9.21. The Balaban J connectivity index is 1.64. The molecular formula is C28H35N3O5. The lowest BCUT2D eigenvalue weighted by atomic mass is 9.97. The zero-order chi connectivity index (χ0) is 25.7. The Labute approximate surface area is 212 Å². The van der Waals surface area contributed by atoms with Crippen molar-refractivity contribution in [2.24, 2.45) is 5.10 Å². The molecule has 8 nitrogen and oxygen atoms in total. The van der Waals surface area contributed by atoms with E-state index in [-0.39, 0.29) is 24.5 Å². The Morgan fingerprint density at radius 3 is 2.53 bits per heavy atom. The molecule has 1 fully saturated rings. The molecule has 2 aliphatic rings. The van der Waals surface area contributed by atoms with Crippen LogP contribution in [0.25, 0.3) is 0 Å². The summed E-state index contributed by atoms with van der Waals surface area (Å²) in [5.41, 5.74) is 3.84. The van der Waals surface area contributed by atoms with Crippen molar-refractivity contribution in [2.75, 3.05) is 33.9 Å².